The monoisotopic (exact) mass is 339 g/mol. The number of nitrogens with one attached hydrogen (secondary N) is 3. The summed E-state index contributed by atoms with van der Waals surface area (Å²) in [6.45, 7) is 6.45. The van der Waals surface area contributed by atoms with Crippen molar-refractivity contribution in [2.45, 2.75) is 32.9 Å². The Morgan fingerprint density at radius 3 is 2.36 bits per heavy atom. The molecule has 0 fully saturated rings. The van der Waals surface area contributed by atoms with Gasteiger partial charge in [0, 0.05) is 23.3 Å². The quantitative estimate of drug-likeness (QED) is 0.758. The number of amides is 2. The number of carbonyl (C=O) groups is 2. The van der Waals surface area contributed by atoms with E-state index in [0.717, 1.165) is 11.3 Å². The van der Waals surface area contributed by atoms with Gasteiger partial charge in [-0.05, 0) is 44.5 Å². The Labute approximate surface area is 148 Å². The fourth-order valence-electron chi connectivity index (χ4n) is 2.22. The molecule has 0 bridgehead atoms. The van der Waals surface area contributed by atoms with Crippen molar-refractivity contribution in [2.75, 3.05) is 11.9 Å². The maximum Gasteiger partial charge on any atom is 0.251 e. The van der Waals surface area contributed by atoms with Crippen molar-refractivity contribution in [2.24, 2.45) is 0 Å². The lowest BCUT2D eigenvalue weighted by Gasteiger charge is -2.20. The van der Waals surface area contributed by atoms with Crippen molar-refractivity contribution in [3.05, 3.63) is 65.7 Å². The molecule has 0 aliphatic carbocycles. The number of hydrogen-bond donors (Lipinski definition) is 3. The zero-order chi connectivity index (χ0) is 18.3. The summed E-state index contributed by atoms with van der Waals surface area (Å²) in [4.78, 5) is 24.1. The molecule has 0 unspecified atom stereocenters. The van der Waals surface area contributed by atoms with Gasteiger partial charge in [0.1, 0.15) is 0 Å². The number of carbonyl (C=O) groups excluding carboxylic acids is 2. The minimum Gasteiger partial charge on any atom is -0.376 e. The highest BCUT2D eigenvalue weighted by Gasteiger charge is 2.15. The maximum absolute atomic E-state index is 12.2. The number of benzene rings is 2. The molecule has 0 atom stereocenters. The van der Waals surface area contributed by atoms with Gasteiger partial charge in [-0.15, -0.1) is 0 Å². The van der Waals surface area contributed by atoms with Crippen LogP contribution in [0.15, 0.2) is 54.6 Å². The van der Waals surface area contributed by atoms with E-state index in [0.29, 0.717) is 12.1 Å². The highest BCUT2D eigenvalue weighted by Crippen LogP contribution is 2.12. The minimum atomic E-state index is -0.294. The molecule has 5 nitrogen and oxygen atoms in total. The predicted octanol–water partition coefficient (Wildman–Crippen LogP) is 2.94. The smallest absolute Gasteiger partial charge is 0.251 e. The normalized spacial score (nSPS) is 10.8. The summed E-state index contributed by atoms with van der Waals surface area (Å²) in [6.07, 6.45) is 0. The molecule has 0 radical (unpaired) electrons. The molecule has 0 aliphatic rings. The summed E-state index contributed by atoms with van der Waals surface area (Å²) in [7, 11) is 0. The Balaban J connectivity index is 1.85. The van der Waals surface area contributed by atoms with Gasteiger partial charge < -0.3 is 16.0 Å². The van der Waals surface area contributed by atoms with Gasteiger partial charge >= 0.3 is 0 Å². The third-order valence-corrected chi connectivity index (χ3v) is 3.40. The van der Waals surface area contributed by atoms with Gasteiger partial charge in [-0.2, -0.15) is 0 Å². The van der Waals surface area contributed by atoms with Gasteiger partial charge in [0.2, 0.25) is 5.91 Å². The lowest BCUT2D eigenvalue weighted by Crippen LogP contribution is -2.40. The van der Waals surface area contributed by atoms with Crippen LogP contribution >= 0.6 is 0 Å². The first-order valence-corrected chi connectivity index (χ1v) is 8.30. The van der Waals surface area contributed by atoms with Gasteiger partial charge in [0.25, 0.3) is 5.91 Å². The first-order chi connectivity index (χ1) is 11.8. The molecular formula is C20H25N3O2. The molecule has 0 saturated carbocycles. The molecule has 0 heterocycles. The molecule has 5 heteroatoms. The van der Waals surface area contributed by atoms with Crippen LogP contribution in [0.4, 0.5) is 5.69 Å². The SMILES string of the molecule is CC(C)(C)NC(=O)c1cccc(NCC(=O)NCc2ccccc2)c1. The molecule has 0 saturated heterocycles. The zero-order valence-corrected chi connectivity index (χ0v) is 14.9. The van der Waals surface area contributed by atoms with Gasteiger partial charge in [0.05, 0.1) is 6.54 Å². The van der Waals surface area contributed by atoms with Gasteiger partial charge in [0.15, 0.2) is 0 Å². The van der Waals surface area contributed by atoms with E-state index in [1.165, 1.54) is 0 Å². The van der Waals surface area contributed by atoms with Crippen LogP contribution in [0.3, 0.4) is 0 Å². The summed E-state index contributed by atoms with van der Waals surface area (Å²) in [5.41, 5.74) is 2.05. The van der Waals surface area contributed by atoms with Crippen LogP contribution in [0.25, 0.3) is 0 Å². The highest BCUT2D eigenvalue weighted by atomic mass is 16.2. The molecule has 0 spiro atoms. The van der Waals surface area contributed by atoms with E-state index in [4.69, 9.17) is 0 Å². The van der Waals surface area contributed by atoms with E-state index in [2.05, 4.69) is 16.0 Å². The van der Waals surface area contributed by atoms with Crippen molar-refractivity contribution >= 4 is 17.5 Å². The number of hydrogen-bond acceptors (Lipinski definition) is 3. The Morgan fingerprint density at radius 1 is 0.960 bits per heavy atom. The molecule has 0 aliphatic heterocycles. The topological polar surface area (TPSA) is 70.2 Å². The van der Waals surface area contributed by atoms with Crippen molar-refractivity contribution in [3.8, 4) is 0 Å². The molecule has 2 amide bonds. The fraction of sp³-hybridized carbons (Fsp3) is 0.300. The third-order valence-electron chi connectivity index (χ3n) is 3.40. The van der Waals surface area contributed by atoms with E-state index in [9.17, 15) is 9.59 Å². The maximum atomic E-state index is 12.2. The molecule has 25 heavy (non-hydrogen) atoms. The highest BCUT2D eigenvalue weighted by molar-refractivity contribution is 5.95. The predicted molar refractivity (Wildman–Crippen MR) is 100 cm³/mol. The molecule has 2 aromatic carbocycles. The van der Waals surface area contributed by atoms with Crippen molar-refractivity contribution in [3.63, 3.8) is 0 Å². The van der Waals surface area contributed by atoms with E-state index in [1.807, 2.05) is 57.2 Å². The summed E-state index contributed by atoms with van der Waals surface area (Å²) in [5, 5.41) is 8.82. The van der Waals surface area contributed by atoms with Crippen LogP contribution in [0.5, 0.6) is 0 Å². The van der Waals surface area contributed by atoms with Gasteiger partial charge in [-0.3, -0.25) is 9.59 Å². The first kappa shape index (κ1) is 18.5. The lowest BCUT2D eigenvalue weighted by atomic mass is 10.1. The second-order valence-corrected chi connectivity index (χ2v) is 6.90. The van der Waals surface area contributed by atoms with Gasteiger partial charge in [-0.25, -0.2) is 0 Å². The van der Waals surface area contributed by atoms with E-state index >= 15 is 0 Å². The molecule has 2 aromatic rings. The van der Waals surface area contributed by atoms with Gasteiger partial charge in [-0.1, -0.05) is 36.4 Å². The Bertz CT molecular complexity index is 721. The molecule has 0 aromatic heterocycles. The summed E-state index contributed by atoms with van der Waals surface area (Å²) in [6, 6.07) is 16.9. The zero-order valence-electron chi connectivity index (χ0n) is 14.9. The standard InChI is InChI=1S/C20H25N3O2/c1-20(2,3)23-19(25)16-10-7-11-17(12-16)21-14-18(24)22-13-15-8-5-4-6-9-15/h4-12,21H,13-14H2,1-3H3,(H,22,24)(H,23,25). The number of rotatable bonds is 6. The largest absolute Gasteiger partial charge is 0.376 e. The van der Waals surface area contributed by atoms with E-state index in [1.54, 1.807) is 18.2 Å². The van der Waals surface area contributed by atoms with E-state index in [-0.39, 0.29) is 23.9 Å². The molecular weight excluding hydrogens is 314 g/mol. The average Bonchev–Trinajstić information content (AvgIpc) is 2.58. The Morgan fingerprint density at radius 2 is 1.68 bits per heavy atom. The second-order valence-electron chi connectivity index (χ2n) is 6.90. The number of anilines is 1. The van der Waals surface area contributed by atoms with Crippen LogP contribution in [0, 0.1) is 0 Å². The van der Waals surface area contributed by atoms with Crippen molar-refractivity contribution in [1.82, 2.24) is 10.6 Å². The summed E-state index contributed by atoms with van der Waals surface area (Å²) in [5.74, 6) is -0.238. The first-order valence-electron chi connectivity index (χ1n) is 8.30. The van der Waals surface area contributed by atoms with Crippen molar-refractivity contribution in [1.29, 1.82) is 0 Å². The summed E-state index contributed by atoms with van der Waals surface area (Å²) < 4.78 is 0. The average molecular weight is 339 g/mol. The molecule has 2 rings (SSSR count). The second kappa shape index (κ2) is 8.33. The van der Waals surface area contributed by atoms with Crippen LogP contribution in [-0.4, -0.2) is 23.9 Å². The summed E-state index contributed by atoms with van der Waals surface area (Å²) >= 11 is 0. The van der Waals surface area contributed by atoms with Crippen LogP contribution in [0.2, 0.25) is 0 Å². The molecule has 3 N–H and O–H groups in total. The van der Waals surface area contributed by atoms with Crippen LogP contribution in [-0.2, 0) is 11.3 Å². The van der Waals surface area contributed by atoms with Crippen molar-refractivity contribution < 1.29 is 9.59 Å². The third kappa shape index (κ3) is 6.67. The van der Waals surface area contributed by atoms with Crippen LogP contribution < -0.4 is 16.0 Å². The fourth-order valence-corrected chi connectivity index (χ4v) is 2.22. The Kier molecular flexibility index (Phi) is 6.17. The Hall–Kier alpha value is -2.82. The minimum absolute atomic E-state index is 0.103. The lowest BCUT2D eigenvalue weighted by molar-refractivity contribution is -0.119. The van der Waals surface area contributed by atoms with Crippen LogP contribution in [0.1, 0.15) is 36.7 Å². The molecule has 132 valence electrons. The van der Waals surface area contributed by atoms with E-state index < -0.39 is 0 Å².